The number of carbonyl (C=O) groups is 2. The van der Waals surface area contributed by atoms with E-state index in [1.54, 1.807) is 37.4 Å². The van der Waals surface area contributed by atoms with Gasteiger partial charge in [-0.15, -0.1) is 0 Å². The summed E-state index contributed by atoms with van der Waals surface area (Å²) in [6.07, 6.45) is 0.633. The Bertz CT molecular complexity index is 777. The molecule has 7 nitrogen and oxygen atoms in total. The van der Waals surface area contributed by atoms with Crippen molar-refractivity contribution in [2.75, 3.05) is 25.6 Å². The van der Waals surface area contributed by atoms with Crippen molar-refractivity contribution in [2.24, 2.45) is 0 Å². The van der Waals surface area contributed by atoms with Crippen molar-refractivity contribution in [3.63, 3.8) is 0 Å². The van der Waals surface area contributed by atoms with Crippen molar-refractivity contribution in [2.45, 2.75) is 25.9 Å². The van der Waals surface area contributed by atoms with Gasteiger partial charge in [0, 0.05) is 19.2 Å². The number of aryl methyl sites for hydroxylation is 1. The Hall–Kier alpha value is -3.06. The summed E-state index contributed by atoms with van der Waals surface area (Å²) in [5.41, 5.74) is 2.38. The van der Waals surface area contributed by atoms with E-state index in [1.165, 1.54) is 6.92 Å². The number of aliphatic hydroxyl groups excluding tert-OH is 1. The second-order valence-corrected chi connectivity index (χ2v) is 6.27. The van der Waals surface area contributed by atoms with Gasteiger partial charge in [0.15, 0.2) is 0 Å². The second-order valence-electron chi connectivity index (χ2n) is 6.27. The fourth-order valence-corrected chi connectivity index (χ4v) is 2.61. The molecule has 2 aromatic rings. The fourth-order valence-electron chi connectivity index (χ4n) is 2.61. The number of urea groups is 1. The maximum absolute atomic E-state index is 12.1. The van der Waals surface area contributed by atoms with E-state index in [0.717, 1.165) is 12.0 Å². The van der Waals surface area contributed by atoms with Crippen LogP contribution in [-0.4, -0.2) is 37.4 Å². The highest BCUT2D eigenvalue weighted by atomic mass is 16.5. The van der Waals surface area contributed by atoms with Crippen molar-refractivity contribution >= 4 is 17.7 Å². The Labute approximate surface area is 164 Å². The third-order valence-corrected chi connectivity index (χ3v) is 4.06. The predicted molar refractivity (Wildman–Crippen MR) is 106 cm³/mol. The number of benzene rings is 2. The van der Waals surface area contributed by atoms with E-state index in [9.17, 15) is 14.7 Å². The average molecular weight is 386 g/mol. The number of aliphatic hydroxyl groups is 1. The maximum atomic E-state index is 12.1. The number of anilines is 1. The maximum Gasteiger partial charge on any atom is 0.319 e. The van der Waals surface area contributed by atoms with E-state index >= 15 is 0 Å². The smallest absolute Gasteiger partial charge is 0.319 e. The van der Waals surface area contributed by atoms with Crippen LogP contribution < -0.4 is 15.4 Å². The van der Waals surface area contributed by atoms with Crippen LogP contribution in [0.2, 0.25) is 0 Å². The summed E-state index contributed by atoms with van der Waals surface area (Å²) in [7, 11) is 1.58. The molecule has 2 aromatic carbocycles. The standard InChI is InChI=1S/C21H26N2O5/c1-15(24)28-12-4-6-16-5-3-7-18(13-16)23-21(26)22-14-20(25)17-8-10-19(27-2)11-9-17/h3,5,7-11,13,20,25H,4,6,12,14H2,1-2H3,(H2,22,23,26). The van der Waals surface area contributed by atoms with Crippen LogP contribution in [-0.2, 0) is 16.0 Å². The van der Waals surface area contributed by atoms with Crippen LogP contribution in [0.5, 0.6) is 5.75 Å². The third-order valence-electron chi connectivity index (χ3n) is 4.06. The van der Waals surface area contributed by atoms with Crippen molar-refractivity contribution in [1.29, 1.82) is 0 Å². The van der Waals surface area contributed by atoms with Gasteiger partial charge in [0.2, 0.25) is 0 Å². The van der Waals surface area contributed by atoms with Gasteiger partial charge in [0.05, 0.1) is 19.8 Å². The first-order valence-electron chi connectivity index (χ1n) is 9.07. The minimum absolute atomic E-state index is 0.0836. The van der Waals surface area contributed by atoms with Gasteiger partial charge >= 0.3 is 12.0 Å². The Morgan fingerprint density at radius 1 is 1.14 bits per heavy atom. The molecule has 28 heavy (non-hydrogen) atoms. The number of methoxy groups -OCH3 is 1. The molecule has 0 bridgehead atoms. The average Bonchev–Trinajstić information content (AvgIpc) is 2.69. The fraction of sp³-hybridized carbons (Fsp3) is 0.333. The lowest BCUT2D eigenvalue weighted by atomic mass is 10.1. The lowest BCUT2D eigenvalue weighted by Gasteiger charge is -2.14. The highest BCUT2D eigenvalue weighted by molar-refractivity contribution is 5.89. The van der Waals surface area contributed by atoms with E-state index < -0.39 is 12.1 Å². The molecule has 2 amide bonds. The molecule has 0 spiro atoms. The number of ether oxygens (including phenoxy) is 2. The van der Waals surface area contributed by atoms with E-state index in [1.807, 2.05) is 18.2 Å². The number of carbonyl (C=O) groups excluding carboxylic acids is 2. The Balaban J connectivity index is 1.78. The number of nitrogens with one attached hydrogen (secondary N) is 2. The molecule has 0 radical (unpaired) electrons. The highest BCUT2D eigenvalue weighted by Gasteiger charge is 2.10. The van der Waals surface area contributed by atoms with Crippen LogP contribution >= 0.6 is 0 Å². The van der Waals surface area contributed by atoms with Gasteiger partial charge in [-0.1, -0.05) is 24.3 Å². The Morgan fingerprint density at radius 3 is 2.57 bits per heavy atom. The summed E-state index contributed by atoms with van der Waals surface area (Å²) in [6.45, 7) is 1.84. The first-order chi connectivity index (χ1) is 13.5. The normalized spacial score (nSPS) is 11.4. The van der Waals surface area contributed by atoms with E-state index in [4.69, 9.17) is 9.47 Å². The molecule has 0 aromatic heterocycles. The van der Waals surface area contributed by atoms with Gasteiger partial charge in [-0.2, -0.15) is 0 Å². The van der Waals surface area contributed by atoms with E-state index in [0.29, 0.717) is 30.0 Å². The summed E-state index contributed by atoms with van der Waals surface area (Å²) >= 11 is 0. The molecule has 1 atom stereocenters. The van der Waals surface area contributed by atoms with Gasteiger partial charge in [-0.25, -0.2) is 4.79 Å². The molecule has 0 aliphatic rings. The third kappa shape index (κ3) is 7.28. The van der Waals surface area contributed by atoms with Crippen LogP contribution in [0.4, 0.5) is 10.5 Å². The minimum atomic E-state index is -0.815. The highest BCUT2D eigenvalue weighted by Crippen LogP contribution is 2.17. The molecule has 2 rings (SSSR count). The molecule has 0 aliphatic carbocycles. The number of hydrogen-bond acceptors (Lipinski definition) is 5. The zero-order valence-corrected chi connectivity index (χ0v) is 16.1. The van der Waals surface area contributed by atoms with Crippen molar-refractivity contribution < 1.29 is 24.2 Å². The predicted octanol–water partition coefficient (Wildman–Crippen LogP) is 3.05. The molecular formula is C21H26N2O5. The second kappa shape index (κ2) is 10.9. The number of amides is 2. The molecule has 0 heterocycles. The van der Waals surface area contributed by atoms with Gasteiger partial charge in [-0.05, 0) is 48.2 Å². The van der Waals surface area contributed by atoms with Gasteiger partial charge < -0.3 is 25.2 Å². The molecular weight excluding hydrogens is 360 g/mol. The zero-order valence-electron chi connectivity index (χ0n) is 16.1. The summed E-state index contributed by atoms with van der Waals surface area (Å²) in [4.78, 5) is 22.8. The molecule has 0 saturated carbocycles. The Morgan fingerprint density at radius 2 is 1.89 bits per heavy atom. The molecule has 150 valence electrons. The summed E-state index contributed by atoms with van der Waals surface area (Å²) in [5, 5.41) is 15.6. The van der Waals surface area contributed by atoms with Crippen LogP contribution in [0.3, 0.4) is 0 Å². The minimum Gasteiger partial charge on any atom is -0.497 e. The SMILES string of the molecule is COc1ccc(C(O)CNC(=O)Nc2cccc(CCCOC(C)=O)c2)cc1. The molecule has 0 fully saturated rings. The van der Waals surface area contributed by atoms with Gasteiger partial charge in [-0.3, -0.25) is 4.79 Å². The van der Waals surface area contributed by atoms with Crippen LogP contribution in [0, 0.1) is 0 Å². The summed E-state index contributed by atoms with van der Waals surface area (Å²) in [5.74, 6) is 0.415. The van der Waals surface area contributed by atoms with Crippen LogP contribution in [0.25, 0.3) is 0 Å². The van der Waals surface area contributed by atoms with E-state index in [-0.39, 0.29) is 12.5 Å². The van der Waals surface area contributed by atoms with Crippen LogP contribution in [0.1, 0.15) is 30.6 Å². The zero-order chi connectivity index (χ0) is 20.4. The first kappa shape index (κ1) is 21.2. The number of hydrogen-bond donors (Lipinski definition) is 3. The molecule has 7 heteroatoms. The first-order valence-corrected chi connectivity index (χ1v) is 9.07. The van der Waals surface area contributed by atoms with E-state index in [2.05, 4.69) is 10.6 Å². The number of esters is 1. The summed E-state index contributed by atoms with van der Waals surface area (Å²) in [6, 6.07) is 14.1. The lowest BCUT2D eigenvalue weighted by molar-refractivity contribution is -0.141. The molecule has 0 saturated heterocycles. The molecule has 0 aliphatic heterocycles. The van der Waals surface area contributed by atoms with Gasteiger partial charge in [0.25, 0.3) is 0 Å². The van der Waals surface area contributed by atoms with Crippen molar-refractivity contribution in [1.82, 2.24) is 5.32 Å². The monoisotopic (exact) mass is 386 g/mol. The largest absolute Gasteiger partial charge is 0.497 e. The van der Waals surface area contributed by atoms with Gasteiger partial charge in [0.1, 0.15) is 5.75 Å². The molecule has 3 N–H and O–H groups in total. The van der Waals surface area contributed by atoms with Crippen LogP contribution in [0.15, 0.2) is 48.5 Å². The Kier molecular flexibility index (Phi) is 8.30. The van der Waals surface area contributed by atoms with Crippen molar-refractivity contribution in [3.05, 3.63) is 59.7 Å². The molecule has 1 unspecified atom stereocenters. The number of rotatable bonds is 9. The lowest BCUT2D eigenvalue weighted by Crippen LogP contribution is -2.32. The quantitative estimate of drug-likeness (QED) is 0.455. The van der Waals surface area contributed by atoms with Crippen molar-refractivity contribution in [3.8, 4) is 5.75 Å². The topological polar surface area (TPSA) is 96.9 Å². The summed E-state index contributed by atoms with van der Waals surface area (Å²) < 4.78 is 9.99.